The van der Waals surface area contributed by atoms with Gasteiger partial charge in [0.25, 0.3) is 0 Å². The highest BCUT2D eigenvalue weighted by Gasteiger charge is 2.60. The van der Waals surface area contributed by atoms with Crippen molar-refractivity contribution in [3.63, 3.8) is 0 Å². The van der Waals surface area contributed by atoms with Crippen molar-refractivity contribution < 1.29 is 17.7 Å². The molecule has 0 fully saturated rings. The summed E-state index contributed by atoms with van der Waals surface area (Å²) in [5, 5.41) is 0. The summed E-state index contributed by atoms with van der Waals surface area (Å²) in [5.41, 5.74) is -1.82. The van der Waals surface area contributed by atoms with Gasteiger partial charge in [-0.05, 0) is 79.1 Å². The van der Waals surface area contributed by atoms with E-state index in [1.165, 1.54) is 0 Å². The predicted octanol–water partition coefficient (Wildman–Crippen LogP) is 8.79. The van der Waals surface area contributed by atoms with Crippen LogP contribution in [0.4, 0.5) is 0 Å². The maximum absolute atomic E-state index is 7.04. The van der Waals surface area contributed by atoms with Gasteiger partial charge in [-0.2, -0.15) is 0 Å². The van der Waals surface area contributed by atoms with Crippen LogP contribution < -0.4 is 0 Å². The van der Waals surface area contributed by atoms with E-state index in [1.54, 1.807) is 0 Å². The largest absolute Gasteiger partial charge is 0.681 e. The Labute approximate surface area is 209 Å². The summed E-state index contributed by atoms with van der Waals surface area (Å²) in [7, 11) is -3.65. The van der Waals surface area contributed by atoms with Crippen molar-refractivity contribution in [2.45, 2.75) is 159 Å². The number of hydrogen-bond acceptors (Lipinski definition) is 4. The standard InChI is InChI=1S/C28H60O4Si/c1-17-21(5)25(9,10)29-33(30-26(11,12)22(6)18-2,31-27(13,14)23(7)19-3)32-28(15,16)24(8)20-4/h21-24H,17-20H2,1-16H3. The lowest BCUT2D eigenvalue weighted by molar-refractivity contribution is -0.194. The van der Waals surface area contributed by atoms with E-state index in [2.05, 4.69) is 111 Å². The van der Waals surface area contributed by atoms with Gasteiger partial charge in [-0.1, -0.05) is 81.1 Å². The van der Waals surface area contributed by atoms with Crippen LogP contribution in [0.3, 0.4) is 0 Å². The normalized spacial score (nSPS) is 19.6. The molecule has 4 unspecified atom stereocenters. The van der Waals surface area contributed by atoms with Crippen LogP contribution in [-0.4, -0.2) is 31.5 Å². The Balaban J connectivity index is 6.85. The molecule has 0 saturated heterocycles. The summed E-state index contributed by atoms with van der Waals surface area (Å²) < 4.78 is 28.2. The lowest BCUT2D eigenvalue weighted by Gasteiger charge is -2.50. The van der Waals surface area contributed by atoms with Crippen LogP contribution >= 0.6 is 0 Å². The first-order valence-electron chi connectivity index (χ1n) is 13.6. The summed E-state index contributed by atoms with van der Waals surface area (Å²) in [5.74, 6) is 1.30. The summed E-state index contributed by atoms with van der Waals surface area (Å²) >= 11 is 0. The Morgan fingerprint density at radius 1 is 0.424 bits per heavy atom. The summed E-state index contributed by atoms with van der Waals surface area (Å²) in [6.07, 6.45) is 4.04. The van der Waals surface area contributed by atoms with Crippen LogP contribution in [0.1, 0.15) is 136 Å². The second kappa shape index (κ2) is 12.3. The van der Waals surface area contributed by atoms with Crippen LogP contribution in [-0.2, 0) is 17.7 Å². The lowest BCUT2D eigenvalue weighted by atomic mass is 9.91. The molecule has 4 atom stereocenters. The zero-order chi connectivity index (χ0) is 26.5. The van der Waals surface area contributed by atoms with Gasteiger partial charge in [0.1, 0.15) is 0 Å². The molecule has 4 nitrogen and oxygen atoms in total. The van der Waals surface area contributed by atoms with Gasteiger partial charge >= 0.3 is 9.05 Å². The van der Waals surface area contributed by atoms with Crippen LogP contribution in [0.2, 0.25) is 0 Å². The molecule has 200 valence electrons. The highest BCUT2D eigenvalue weighted by Crippen LogP contribution is 2.41. The molecule has 33 heavy (non-hydrogen) atoms. The third-order valence-electron chi connectivity index (χ3n) is 8.75. The number of hydrogen-bond donors (Lipinski definition) is 0. The summed E-state index contributed by atoms with van der Waals surface area (Å²) in [4.78, 5) is 0. The van der Waals surface area contributed by atoms with Gasteiger partial charge in [-0.15, -0.1) is 0 Å². The molecule has 0 spiro atoms. The third kappa shape index (κ3) is 9.22. The average molecular weight is 489 g/mol. The molecule has 0 amide bonds. The van der Waals surface area contributed by atoms with E-state index in [9.17, 15) is 0 Å². The molecular formula is C28H60O4Si. The van der Waals surface area contributed by atoms with E-state index in [1.807, 2.05) is 0 Å². The first-order valence-corrected chi connectivity index (χ1v) is 15.2. The van der Waals surface area contributed by atoms with E-state index in [-0.39, 0.29) is 0 Å². The smallest absolute Gasteiger partial charge is 0.346 e. The molecule has 0 radical (unpaired) electrons. The maximum atomic E-state index is 7.04. The van der Waals surface area contributed by atoms with E-state index in [0.717, 1.165) is 25.7 Å². The highest BCUT2D eigenvalue weighted by atomic mass is 28.4. The Morgan fingerprint density at radius 2 is 0.576 bits per heavy atom. The Hall–Kier alpha value is 0.0569. The Bertz CT molecular complexity index is 469. The predicted molar refractivity (Wildman–Crippen MR) is 144 cm³/mol. The van der Waals surface area contributed by atoms with Gasteiger partial charge in [0.15, 0.2) is 0 Å². The van der Waals surface area contributed by atoms with Crippen molar-refractivity contribution in [2.75, 3.05) is 0 Å². The molecule has 0 rings (SSSR count). The second-order valence-corrected chi connectivity index (χ2v) is 14.4. The average Bonchev–Trinajstić information content (AvgIpc) is 2.68. The molecule has 0 aliphatic heterocycles. The van der Waals surface area contributed by atoms with Crippen molar-refractivity contribution in [1.29, 1.82) is 0 Å². The van der Waals surface area contributed by atoms with E-state index in [0.29, 0.717) is 23.7 Å². The van der Waals surface area contributed by atoms with Crippen LogP contribution in [0.15, 0.2) is 0 Å². The zero-order valence-electron chi connectivity index (χ0n) is 25.3. The summed E-state index contributed by atoms with van der Waals surface area (Å²) in [6.45, 7) is 35.0. The van der Waals surface area contributed by atoms with Crippen LogP contribution in [0, 0.1) is 23.7 Å². The molecular weight excluding hydrogens is 428 g/mol. The summed E-state index contributed by atoms with van der Waals surface area (Å²) in [6, 6.07) is 0. The SMILES string of the molecule is CCC(C)C(C)(C)O[Si](OC(C)(C)C(C)CC)(OC(C)(C)C(C)CC)OC(C)(C)C(C)CC. The second-order valence-electron chi connectivity index (χ2n) is 12.6. The quantitative estimate of drug-likeness (QED) is 0.203. The van der Waals surface area contributed by atoms with Crippen molar-refractivity contribution in [1.82, 2.24) is 0 Å². The van der Waals surface area contributed by atoms with Crippen LogP contribution in [0.5, 0.6) is 0 Å². The molecule has 0 aliphatic rings. The fourth-order valence-corrected chi connectivity index (χ4v) is 7.41. The van der Waals surface area contributed by atoms with Crippen molar-refractivity contribution in [3.8, 4) is 0 Å². The topological polar surface area (TPSA) is 36.9 Å². The van der Waals surface area contributed by atoms with Crippen molar-refractivity contribution in [2.24, 2.45) is 23.7 Å². The Morgan fingerprint density at radius 3 is 0.697 bits per heavy atom. The molecule has 5 heteroatoms. The maximum Gasteiger partial charge on any atom is 0.681 e. The minimum absolute atomic E-state index is 0.324. The van der Waals surface area contributed by atoms with E-state index in [4.69, 9.17) is 17.7 Å². The lowest BCUT2D eigenvalue weighted by Crippen LogP contribution is -2.65. The first-order chi connectivity index (χ1) is 14.8. The van der Waals surface area contributed by atoms with Gasteiger partial charge in [0.2, 0.25) is 0 Å². The van der Waals surface area contributed by atoms with Crippen molar-refractivity contribution in [3.05, 3.63) is 0 Å². The third-order valence-corrected chi connectivity index (χ3v) is 11.9. The minimum atomic E-state index is -3.65. The van der Waals surface area contributed by atoms with Gasteiger partial charge in [0.05, 0.1) is 22.4 Å². The molecule has 0 aromatic heterocycles. The van der Waals surface area contributed by atoms with E-state index >= 15 is 0 Å². The fraction of sp³-hybridized carbons (Fsp3) is 1.00. The zero-order valence-corrected chi connectivity index (χ0v) is 26.3. The highest BCUT2D eigenvalue weighted by molar-refractivity contribution is 6.54. The molecule has 0 bridgehead atoms. The molecule has 0 N–H and O–H groups in total. The Kier molecular flexibility index (Phi) is 12.4. The number of rotatable bonds is 16. The fourth-order valence-electron chi connectivity index (χ4n) is 3.78. The van der Waals surface area contributed by atoms with Crippen molar-refractivity contribution >= 4 is 9.05 Å². The molecule has 0 heterocycles. The van der Waals surface area contributed by atoms with Gasteiger partial charge in [0, 0.05) is 0 Å². The van der Waals surface area contributed by atoms with Gasteiger partial charge < -0.3 is 17.7 Å². The molecule has 0 aromatic carbocycles. The molecule has 0 saturated carbocycles. The van der Waals surface area contributed by atoms with E-state index < -0.39 is 31.5 Å². The van der Waals surface area contributed by atoms with Gasteiger partial charge in [-0.25, -0.2) is 0 Å². The van der Waals surface area contributed by atoms with Gasteiger partial charge in [-0.3, -0.25) is 0 Å². The first kappa shape index (κ1) is 33.1. The monoisotopic (exact) mass is 488 g/mol. The molecule has 0 aliphatic carbocycles. The van der Waals surface area contributed by atoms with Crippen LogP contribution in [0.25, 0.3) is 0 Å². The molecule has 0 aromatic rings. The minimum Gasteiger partial charge on any atom is -0.346 e.